The van der Waals surface area contributed by atoms with Gasteiger partial charge in [0, 0.05) is 5.57 Å². The van der Waals surface area contributed by atoms with Crippen LogP contribution in [0, 0.1) is 0 Å². The maximum atomic E-state index is 12.7. The molecule has 4 nitrogen and oxygen atoms in total. The summed E-state index contributed by atoms with van der Waals surface area (Å²) in [5.74, 6) is 0.102. The third-order valence-corrected chi connectivity index (χ3v) is 4.41. The molecule has 0 unspecified atom stereocenters. The van der Waals surface area contributed by atoms with Crippen molar-refractivity contribution in [2.45, 2.75) is 12.5 Å². The van der Waals surface area contributed by atoms with Crippen LogP contribution in [0.5, 0.6) is 11.5 Å². The number of rotatable bonds is 3. The summed E-state index contributed by atoms with van der Waals surface area (Å²) >= 11 is 0. The highest BCUT2D eigenvalue weighted by Crippen LogP contribution is 2.45. The molecule has 4 heteroatoms. The van der Waals surface area contributed by atoms with E-state index in [0.29, 0.717) is 5.57 Å². The van der Waals surface area contributed by atoms with Crippen LogP contribution in [0.3, 0.4) is 0 Å². The molecule has 0 aromatic heterocycles. The molecule has 3 rings (SSSR count). The minimum Gasteiger partial charge on any atom is -0.508 e. The monoisotopic (exact) mass is 333 g/mol. The van der Waals surface area contributed by atoms with Gasteiger partial charge >= 0.3 is 0 Å². The fourth-order valence-electron chi connectivity index (χ4n) is 3.33. The molecule has 1 aliphatic heterocycles. The summed E-state index contributed by atoms with van der Waals surface area (Å²) in [5.41, 5.74) is 2.06. The average Bonchev–Trinajstić information content (AvgIpc) is 2.89. The Hall–Kier alpha value is -3.27. The molecule has 1 fully saturated rings. The Morgan fingerprint density at radius 3 is 1.84 bits per heavy atom. The Morgan fingerprint density at radius 2 is 1.44 bits per heavy atom. The van der Waals surface area contributed by atoms with E-state index in [1.165, 1.54) is 0 Å². The third-order valence-electron chi connectivity index (χ3n) is 4.41. The van der Waals surface area contributed by atoms with E-state index in [2.05, 4.69) is 11.9 Å². The summed E-state index contributed by atoms with van der Waals surface area (Å²) < 4.78 is 0. The maximum Gasteiger partial charge on any atom is 0.252 e. The Kier molecular flexibility index (Phi) is 4.19. The zero-order chi connectivity index (χ0) is 18.0. The van der Waals surface area contributed by atoms with Crippen LogP contribution >= 0.6 is 0 Å². The van der Waals surface area contributed by atoms with Crippen LogP contribution in [-0.4, -0.2) is 16.1 Å². The number of hydrogen-bond donors (Lipinski definition) is 3. The Bertz CT molecular complexity index is 829. The number of hydrogen-bond acceptors (Lipinski definition) is 3. The molecule has 1 amide bonds. The van der Waals surface area contributed by atoms with Crippen molar-refractivity contribution in [3.05, 3.63) is 95.6 Å². The fourth-order valence-corrected chi connectivity index (χ4v) is 3.33. The van der Waals surface area contributed by atoms with Gasteiger partial charge in [0.1, 0.15) is 17.0 Å². The molecular weight excluding hydrogens is 314 g/mol. The van der Waals surface area contributed by atoms with E-state index in [-0.39, 0.29) is 17.4 Å². The van der Waals surface area contributed by atoms with Gasteiger partial charge in [-0.1, -0.05) is 43.0 Å². The van der Waals surface area contributed by atoms with Crippen molar-refractivity contribution in [2.75, 3.05) is 0 Å². The van der Waals surface area contributed by atoms with Gasteiger partial charge in [-0.2, -0.15) is 0 Å². The van der Waals surface area contributed by atoms with E-state index in [9.17, 15) is 15.0 Å². The predicted molar refractivity (Wildman–Crippen MR) is 97.2 cm³/mol. The highest BCUT2D eigenvalue weighted by atomic mass is 16.3. The highest BCUT2D eigenvalue weighted by Gasteiger charge is 2.47. The van der Waals surface area contributed by atoms with Gasteiger partial charge in [0.15, 0.2) is 0 Å². The van der Waals surface area contributed by atoms with E-state index < -0.39 is 5.54 Å². The summed E-state index contributed by atoms with van der Waals surface area (Å²) in [6.45, 7) is 5.57. The number of amides is 1. The number of allylic oxidation sites excluding steroid dienone is 3. The molecule has 0 atom stereocenters. The topological polar surface area (TPSA) is 69.6 Å². The number of phenols is 2. The first kappa shape index (κ1) is 16.6. The van der Waals surface area contributed by atoms with Gasteiger partial charge in [-0.15, -0.1) is 0 Å². The van der Waals surface area contributed by atoms with Crippen molar-refractivity contribution in [3.8, 4) is 11.5 Å². The van der Waals surface area contributed by atoms with Crippen LogP contribution in [-0.2, 0) is 10.3 Å². The molecule has 25 heavy (non-hydrogen) atoms. The Balaban J connectivity index is 2.32. The lowest BCUT2D eigenvalue weighted by Gasteiger charge is -2.32. The zero-order valence-corrected chi connectivity index (χ0v) is 13.9. The largest absolute Gasteiger partial charge is 0.508 e. The van der Waals surface area contributed by atoms with E-state index in [1.807, 2.05) is 13.0 Å². The van der Waals surface area contributed by atoms with Gasteiger partial charge < -0.3 is 15.5 Å². The molecule has 0 bridgehead atoms. The summed E-state index contributed by atoms with van der Waals surface area (Å²) in [6, 6.07) is 13.5. The first-order valence-electron chi connectivity index (χ1n) is 7.94. The lowest BCUT2D eigenvalue weighted by Crippen LogP contribution is -2.41. The van der Waals surface area contributed by atoms with Gasteiger partial charge in [-0.25, -0.2) is 0 Å². The SMILES string of the molecule is C=C/C=C1/C(=O)NC(c2ccc(O)cc2)(c2ccc(O)cc2)/C1=C/C. The van der Waals surface area contributed by atoms with Gasteiger partial charge in [0.05, 0.1) is 0 Å². The normalized spacial score (nSPS) is 19.2. The molecule has 0 saturated carbocycles. The second-order valence-electron chi connectivity index (χ2n) is 5.82. The minimum absolute atomic E-state index is 0.151. The smallest absolute Gasteiger partial charge is 0.252 e. The molecule has 1 heterocycles. The molecule has 3 N–H and O–H groups in total. The molecule has 0 radical (unpaired) electrons. The van der Waals surface area contributed by atoms with Crippen LogP contribution < -0.4 is 5.32 Å². The highest BCUT2D eigenvalue weighted by molar-refractivity contribution is 6.04. The lowest BCUT2D eigenvalue weighted by atomic mass is 9.77. The summed E-state index contributed by atoms with van der Waals surface area (Å²) in [5, 5.41) is 22.4. The van der Waals surface area contributed by atoms with Crippen molar-refractivity contribution < 1.29 is 15.0 Å². The minimum atomic E-state index is -0.901. The van der Waals surface area contributed by atoms with Crippen LogP contribution in [0.15, 0.2) is 84.5 Å². The van der Waals surface area contributed by atoms with E-state index in [1.54, 1.807) is 60.7 Å². The van der Waals surface area contributed by atoms with Crippen molar-refractivity contribution in [3.63, 3.8) is 0 Å². The van der Waals surface area contributed by atoms with Crippen molar-refractivity contribution in [2.24, 2.45) is 0 Å². The van der Waals surface area contributed by atoms with Crippen LogP contribution in [0.25, 0.3) is 0 Å². The number of carbonyl (C=O) groups excluding carboxylic acids is 1. The summed E-state index contributed by atoms with van der Waals surface area (Å²) in [6.07, 6.45) is 5.17. The van der Waals surface area contributed by atoms with Crippen molar-refractivity contribution in [1.29, 1.82) is 0 Å². The number of carbonyl (C=O) groups is 1. The van der Waals surface area contributed by atoms with Gasteiger partial charge in [0.2, 0.25) is 0 Å². The molecule has 2 aromatic carbocycles. The fraction of sp³-hybridized carbons (Fsp3) is 0.0952. The van der Waals surface area contributed by atoms with Crippen LogP contribution in [0.2, 0.25) is 0 Å². The first-order chi connectivity index (χ1) is 12.0. The third kappa shape index (κ3) is 2.62. The maximum absolute atomic E-state index is 12.7. The quantitative estimate of drug-likeness (QED) is 0.753. The van der Waals surface area contributed by atoms with Crippen LogP contribution in [0.1, 0.15) is 18.1 Å². The second-order valence-corrected chi connectivity index (χ2v) is 5.82. The van der Waals surface area contributed by atoms with Crippen molar-refractivity contribution >= 4 is 5.91 Å². The van der Waals surface area contributed by atoms with Gasteiger partial charge in [-0.05, 0) is 54.0 Å². The predicted octanol–water partition coefficient (Wildman–Crippen LogP) is 3.53. The van der Waals surface area contributed by atoms with E-state index in [0.717, 1.165) is 16.7 Å². The average molecular weight is 333 g/mol. The molecule has 1 aliphatic rings. The second kappa shape index (κ2) is 6.32. The molecule has 1 saturated heterocycles. The number of nitrogens with one attached hydrogen (secondary N) is 1. The molecule has 2 aromatic rings. The molecule has 126 valence electrons. The number of benzene rings is 2. The van der Waals surface area contributed by atoms with Crippen molar-refractivity contribution in [1.82, 2.24) is 5.32 Å². The summed E-state index contributed by atoms with van der Waals surface area (Å²) in [7, 11) is 0. The summed E-state index contributed by atoms with van der Waals surface area (Å²) in [4.78, 5) is 12.7. The standard InChI is InChI=1S/C21H19NO3/c1-3-5-18-19(4-2)21(22-20(18)25,14-6-10-16(23)11-7-14)15-8-12-17(24)13-9-15/h3-13,23-24H,1H2,2H3,(H,22,25)/b18-5+,19-4+. The number of phenolic OH excluding ortho intramolecular Hbond substituents is 2. The van der Waals surface area contributed by atoms with E-state index in [4.69, 9.17) is 0 Å². The molecular formula is C21H19NO3. The molecule has 0 aliphatic carbocycles. The Morgan fingerprint density at radius 1 is 0.960 bits per heavy atom. The number of aromatic hydroxyl groups is 2. The van der Waals surface area contributed by atoms with Gasteiger partial charge in [-0.3, -0.25) is 4.79 Å². The first-order valence-corrected chi connectivity index (χ1v) is 7.94. The van der Waals surface area contributed by atoms with Crippen LogP contribution in [0.4, 0.5) is 0 Å². The van der Waals surface area contributed by atoms with E-state index >= 15 is 0 Å². The Labute approximate surface area is 146 Å². The molecule has 0 spiro atoms. The zero-order valence-electron chi connectivity index (χ0n) is 13.9. The lowest BCUT2D eigenvalue weighted by molar-refractivity contribution is -0.117. The van der Waals surface area contributed by atoms with Gasteiger partial charge in [0.25, 0.3) is 5.91 Å².